The third kappa shape index (κ3) is 3.58. The second-order valence-electron chi connectivity index (χ2n) is 6.29. The molecule has 1 fully saturated rings. The van der Waals surface area contributed by atoms with Gasteiger partial charge in [0.05, 0.1) is 11.7 Å². The molecule has 2 amide bonds. The zero-order chi connectivity index (χ0) is 18.0. The number of carbonyl (C=O) groups is 2. The lowest BCUT2D eigenvalue weighted by molar-refractivity contribution is -0.128. The Morgan fingerprint density at radius 3 is 2.56 bits per heavy atom. The summed E-state index contributed by atoms with van der Waals surface area (Å²) in [5.41, 5.74) is 7.46. The topological polar surface area (TPSA) is 94.6 Å². The molecule has 1 aliphatic heterocycles. The van der Waals surface area contributed by atoms with E-state index in [2.05, 4.69) is 5.32 Å². The van der Waals surface area contributed by atoms with Crippen molar-refractivity contribution in [3.8, 4) is 11.3 Å². The van der Waals surface area contributed by atoms with E-state index in [0.717, 1.165) is 16.9 Å². The molecular weight excluding hydrogens is 320 g/mol. The van der Waals surface area contributed by atoms with Crippen molar-refractivity contribution in [2.24, 2.45) is 5.73 Å². The van der Waals surface area contributed by atoms with Crippen LogP contribution in [0.15, 0.2) is 34.7 Å². The third-order valence-corrected chi connectivity index (χ3v) is 4.56. The van der Waals surface area contributed by atoms with Gasteiger partial charge in [-0.05, 0) is 26.7 Å². The second kappa shape index (κ2) is 7.11. The minimum atomic E-state index is -0.556. The van der Waals surface area contributed by atoms with Gasteiger partial charge in [-0.1, -0.05) is 30.3 Å². The van der Waals surface area contributed by atoms with Crippen molar-refractivity contribution in [1.29, 1.82) is 0 Å². The Labute approximate surface area is 146 Å². The number of nitrogens with two attached hydrogens (primary N) is 1. The fraction of sp³-hybridized carbons (Fsp3) is 0.368. The minimum absolute atomic E-state index is 0.199. The Morgan fingerprint density at radius 1 is 1.20 bits per heavy atom. The molecular formula is C19H22N2O4. The number of nitrogens with one attached hydrogen (secondary N) is 1. The largest absolute Gasteiger partial charge is 0.460 e. The van der Waals surface area contributed by atoms with Gasteiger partial charge in [0.15, 0.2) is 0 Å². The van der Waals surface area contributed by atoms with Gasteiger partial charge in [0, 0.05) is 17.7 Å². The van der Waals surface area contributed by atoms with Crippen LogP contribution in [0, 0.1) is 13.8 Å². The van der Waals surface area contributed by atoms with E-state index < -0.39 is 12.0 Å². The maximum absolute atomic E-state index is 12.7. The van der Waals surface area contributed by atoms with Crippen LogP contribution in [-0.4, -0.2) is 30.6 Å². The van der Waals surface area contributed by atoms with Gasteiger partial charge in [-0.2, -0.15) is 0 Å². The molecule has 1 aliphatic rings. The molecule has 2 aromatic rings. The monoisotopic (exact) mass is 342 g/mol. The average molecular weight is 342 g/mol. The van der Waals surface area contributed by atoms with E-state index >= 15 is 0 Å². The van der Waals surface area contributed by atoms with Crippen LogP contribution in [-0.2, 0) is 9.53 Å². The molecule has 25 heavy (non-hydrogen) atoms. The Kier molecular flexibility index (Phi) is 4.90. The van der Waals surface area contributed by atoms with Gasteiger partial charge in [0.25, 0.3) is 5.91 Å². The first kappa shape index (κ1) is 17.2. The highest BCUT2D eigenvalue weighted by atomic mass is 16.5. The van der Waals surface area contributed by atoms with E-state index in [1.165, 1.54) is 0 Å². The molecule has 132 valence electrons. The van der Waals surface area contributed by atoms with E-state index in [9.17, 15) is 9.59 Å². The molecule has 1 aromatic heterocycles. The SMILES string of the molecule is Cc1oc(-c2ccccc2)c(C(=O)NC[C@@H]2CC[C@H](C(N)=O)O2)c1C. The zero-order valence-electron chi connectivity index (χ0n) is 14.4. The molecule has 0 aliphatic carbocycles. The van der Waals surface area contributed by atoms with Gasteiger partial charge in [0.2, 0.25) is 5.91 Å². The summed E-state index contributed by atoms with van der Waals surface area (Å²) < 4.78 is 11.4. The number of aryl methyl sites for hydroxylation is 1. The predicted molar refractivity (Wildman–Crippen MR) is 93.0 cm³/mol. The van der Waals surface area contributed by atoms with Crippen LogP contribution in [0.3, 0.4) is 0 Å². The lowest BCUT2D eigenvalue weighted by atomic mass is 10.0. The first-order chi connectivity index (χ1) is 12.0. The number of hydrogen-bond acceptors (Lipinski definition) is 4. The number of amides is 2. The van der Waals surface area contributed by atoms with Gasteiger partial charge < -0.3 is 20.2 Å². The third-order valence-electron chi connectivity index (χ3n) is 4.56. The number of primary amides is 1. The summed E-state index contributed by atoms with van der Waals surface area (Å²) >= 11 is 0. The van der Waals surface area contributed by atoms with E-state index in [1.54, 1.807) is 0 Å². The summed E-state index contributed by atoms with van der Waals surface area (Å²) in [6.45, 7) is 4.05. The standard InChI is InChI=1S/C19H22N2O4/c1-11-12(2)24-17(13-6-4-3-5-7-13)16(11)19(23)21-10-14-8-9-15(25-14)18(20)22/h3-7,14-15H,8-10H2,1-2H3,(H2,20,22)(H,21,23)/t14-,15+/m0/s1. The van der Waals surface area contributed by atoms with Crippen molar-refractivity contribution in [2.45, 2.75) is 38.9 Å². The molecule has 0 unspecified atom stereocenters. The molecule has 1 aromatic carbocycles. The van der Waals surface area contributed by atoms with Crippen LogP contribution in [0.2, 0.25) is 0 Å². The van der Waals surface area contributed by atoms with Crippen LogP contribution in [0.1, 0.15) is 34.5 Å². The Hall–Kier alpha value is -2.60. The van der Waals surface area contributed by atoms with Crippen molar-refractivity contribution in [3.63, 3.8) is 0 Å². The summed E-state index contributed by atoms with van der Waals surface area (Å²) in [4.78, 5) is 23.9. The Balaban J connectivity index is 1.73. The van der Waals surface area contributed by atoms with Gasteiger partial charge in [-0.25, -0.2) is 0 Å². The van der Waals surface area contributed by atoms with E-state index in [0.29, 0.717) is 30.7 Å². The molecule has 6 heteroatoms. The maximum atomic E-state index is 12.7. The van der Waals surface area contributed by atoms with E-state index in [1.807, 2.05) is 44.2 Å². The van der Waals surface area contributed by atoms with Crippen molar-refractivity contribution in [1.82, 2.24) is 5.32 Å². The number of carbonyl (C=O) groups excluding carboxylic acids is 2. The molecule has 0 radical (unpaired) electrons. The van der Waals surface area contributed by atoms with E-state index in [-0.39, 0.29) is 12.0 Å². The van der Waals surface area contributed by atoms with Gasteiger partial charge in [0.1, 0.15) is 17.6 Å². The second-order valence-corrected chi connectivity index (χ2v) is 6.29. The molecule has 3 rings (SSSR count). The highest BCUT2D eigenvalue weighted by Gasteiger charge is 2.30. The fourth-order valence-electron chi connectivity index (χ4n) is 3.05. The Bertz CT molecular complexity index is 782. The van der Waals surface area contributed by atoms with Crippen molar-refractivity contribution < 1.29 is 18.7 Å². The highest BCUT2D eigenvalue weighted by Crippen LogP contribution is 2.31. The average Bonchev–Trinajstić information content (AvgIpc) is 3.19. The van der Waals surface area contributed by atoms with Crippen LogP contribution in [0.25, 0.3) is 11.3 Å². The van der Waals surface area contributed by atoms with Crippen molar-refractivity contribution >= 4 is 11.8 Å². The summed E-state index contributed by atoms with van der Waals surface area (Å²) in [7, 11) is 0. The fourth-order valence-corrected chi connectivity index (χ4v) is 3.05. The number of benzene rings is 1. The smallest absolute Gasteiger partial charge is 0.255 e. The molecule has 6 nitrogen and oxygen atoms in total. The number of furan rings is 1. The number of hydrogen-bond donors (Lipinski definition) is 2. The van der Waals surface area contributed by atoms with Crippen LogP contribution < -0.4 is 11.1 Å². The summed E-state index contributed by atoms with van der Waals surface area (Å²) in [6, 6.07) is 9.54. The first-order valence-corrected chi connectivity index (χ1v) is 8.35. The van der Waals surface area contributed by atoms with E-state index in [4.69, 9.17) is 14.9 Å². The van der Waals surface area contributed by atoms with Crippen LogP contribution in [0.5, 0.6) is 0 Å². The summed E-state index contributed by atoms with van der Waals surface area (Å²) in [6.07, 6.45) is 0.535. The van der Waals surface area contributed by atoms with Gasteiger partial charge in [-0.15, -0.1) is 0 Å². The molecule has 0 spiro atoms. The Morgan fingerprint density at radius 2 is 1.92 bits per heavy atom. The maximum Gasteiger partial charge on any atom is 0.255 e. The summed E-state index contributed by atoms with van der Waals surface area (Å²) in [5.74, 6) is 0.617. The lowest BCUT2D eigenvalue weighted by Crippen LogP contribution is -2.34. The summed E-state index contributed by atoms with van der Waals surface area (Å²) in [5, 5.41) is 2.89. The molecule has 0 saturated carbocycles. The number of ether oxygens (including phenoxy) is 1. The zero-order valence-corrected chi connectivity index (χ0v) is 14.4. The van der Waals surface area contributed by atoms with Crippen molar-refractivity contribution in [3.05, 3.63) is 47.2 Å². The first-order valence-electron chi connectivity index (χ1n) is 8.35. The number of rotatable bonds is 5. The molecule has 2 atom stereocenters. The van der Waals surface area contributed by atoms with Gasteiger partial charge in [-0.3, -0.25) is 9.59 Å². The molecule has 3 N–H and O–H groups in total. The van der Waals surface area contributed by atoms with Gasteiger partial charge >= 0.3 is 0 Å². The highest BCUT2D eigenvalue weighted by molar-refractivity contribution is 6.01. The van der Waals surface area contributed by atoms with Crippen molar-refractivity contribution in [2.75, 3.05) is 6.54 Å². The molecule has 0 bridgehead atoms. The normalized spacial score (nSPS) is 19.8. The minimum Gasteiger partial charge on any atom is -0.460 e. The molecule has 2 heterocycles. The molecule has 1 saturated heterocycles. The van der Waals surface area contributed by atoms with Crippen LogP contribution >= 0.6 is 0 Å². The predicted octanol–water partition coefficient (Wildman–Crippen LogP) is 2.33. The van der Waals surface area contributed by atoms with Crippen LogP contribution in [0.4, 0.5) is 0 Å². The quantitative estimate of drug-likeness (QED) is 0.872. The lowest BCUT2D eigenvalue weighted by Gasteiger charge is -2.13.